The molecule has 2 aromatic rings. The normalized spacial score (nSPS) is 10.2. The second-order valence-electron chi connectivity index (χ2n) is 3.91. The minimum absolute atomic E-state index is 0.0165. The van der Waals surface area contributed by atoms with Gasteiger partial charge < -0.3 is 11.1 Å². The van der Waals surface area contributed by atoms with Crippen molar-refractivity contribution in [3.8, 4) is 0 Å². The summed E-state index contributed by atoms with van der Waals surface area (Å²) in [6.45, 7) is 0.220. The summed E-state index contributed by atoms with van der Waals surface area (Å²) in [6.07, 6.45) is 1.57. The van der Waals surface area contributed by atoms with Gasteiger partial charge in [0.05, 0.1) is 27.8 Å². The first kappa shape index (κ1) is 14.0. The maximum absolute atomic E-state index is 11.9. The first-order valence-electron chi connectivity index (χ1n) is 5.49. The van der Waals surface area contributed by atoms with Crippen molar-refractivity contribution in [2.75, 3.05) is 5.73 Å². The summed E-state index contributed by atoms with van der Waals surface area (Å²) in [6, 6.07) is 3.91. The molecule has 0 aliphatic heterocycles. The van der Waals surface area contributed by atoms with Gasteiger partial charge in [-0.1, -0.05) is 0 Å². The Kier molecular flexibility index (Phi) is 3.99. The van der Waals surface area contributed by atoms with Crippen molar-refractivity contribution in [3.05, 3.63) is 50.2 Å². The Hall–Kier alpha value is -2.42. The van der Waals surface area contributed by atoms with Gasteiger partial charge in [0.25, 0.3) is 11.6 Å². The first-order valence-corrected chi connectivity index (χ1v) is 6.28. The third kappa shape index (κ3) is 2.94. The van der Waals surface area contributed by atoms with E-state index in [-0.39, 0.29) is 23.5 Å². The first-order chi connectivity index (χ1) is 9.49. The number of rotatable bonds is 4. The molecule has 0 fully saturated rings. The largest absolute Gasteiger partial charge is 0.393 e. The summed E-state index contributed by atoms with van der Waals surface area (Å²) in [5.74, 6) is -0.436. The molecule has 8 nitrogen and oxygen atoms in total. The van der Waals surface area contributed by atoms with E-state index in [9.17, 15) is 14.9 Å². The highest BCUT2D eigenvalue weighted by Gasteiger charge is 2.15. The molecule has 0 aliphatic rings. The van der Waals surface area contributed by atoms with Gasteiger partial charge in [-0.15, -0.1) is 0 Å². The van der Waals surface area contributed by atoms with Crippen molar-refractivity contribution in [1.82, 2.24) is 15.5 Å². The number of nitro benzene ring substituents is 1. The number of anilines is 1. The highest BCUT2D eigenvalue weighted by atomic mass is 79.9. The van der Waals surface area contributed by atoms with Gasteiger partial charge >= 0.3 is 0 Å². The van der Waals surface area contributed by atoms with Crippen LogP contribution < -0.4 is 11.1 Å². The van der Waals surface area contributed by atoms with E-state index in [0.29, 0.717) is 5.69 Å². The summed E-state index contributed by atoms with van der Waals surface area (Å²) in [4.78, 5) is 22.0. The average molecular weight is 340 g/mol. The minimum Gasteiger partial charge on any atom is -0.393 e. The zero-order valence-electron chi connectivity index (χ0n) is 10.1. The quantitative estimate of drug-likeness (QED) is 0.442. The summed E-state index contributed by atoms with van der Waals surface area (Å²) >= 11 is 3.26. The number of nitrogens with zero attached hydrogens (tertiary/aromatic N) is 2. The molecule has 0 bridgehead atoms. The number of amides is 1. The maximum Gasteiger partial charge on any atom is 0.292 e. The second-order valence-corrected chi connectivity index (χ2v) is 4.76. The van der Waals surface area contributed by atoms with Crippen LogP contribution in [0.4, 0.5) is 11.4 Å². The second kappa shape index (κ2) is 5.70. The number of hydrogen-bond donors (Lipinski definition) is 3. The van der Waals surface area contributed by atoms with Crippen molar-refractivity contribution < 1.29 is 9.72 Å². The molecule has 1 aromatic heterocycles. The van der Waals surface area contributed by atoms with Crippen LogP contribution in [-0.4, -0.2) is 21.0 Å². The van der Waals surface area contributed by atoms with Crippen molar-refractivity contribution in [2.45, 2.75) is 6.54 Å². The monoisotopic (exact) mass is 339 g/mol. The zero-order valence-corrected chi connectivity index (χ0v) is 11.7. The molecular weight excluding hydrogens is 330 g/mol. The van der Waals surface area contributed by atoms with Crippen LogP contribution in [0.5, 0.6) is 0 Å². The van der Waals surface area contributed by atoms with Gasteiger partial charge in [0.1, 0.15) is 5.69 Å². The van der Waals surface area contributed by atoms with Gasteiger partial charge in [0.15, 0.2) is 0 Å². The SMILES string of the molecule is Nc1ccc(C(=O)NCc2[nH]ncc2Br)cc1[N+](=O)[O-]. The van der Waals surface area contributed by atoms with Crippen molar-refractivity contribution in [1.29, 1.82) is 0 Å². The lowest BCUT2D eigenvalue weighted by molar-refractivity contribution is -0.383. The molecule has 0 aliphatic carbocycles. The highest BCUT2D eigenvalue weighted by molar-refractivity contribution is 9.10. The van der Waals surface area contributed by atoms with Crippen LogP contribution in [-0.2, 0) is 6.54 Å². The van der Waals surface area contributed by atoms with Gasteiger partial charge in [-0.05, 0) is 28.1 Å². The van der Waals surface area contributed by atoms with Crippen LogP contribution in [0.25, 0.3) is 0 Å². The third-order valence-electron chi connectivity index (χ3n) is 2.58. The minimum atomic E-state index is -0.627. The molecular formula is C11H10BrN5O3. The Balaban J connectivity index is 2.12. The molecule has 0 saturated heterocycles. The number of benzene rings is 1. The van der Waals surface area contributed by atoms with Crippen LogP contribution in [0.2, 0.25) is 0 Å². The lowest BCUT2D eigenvalue weighted by Crippen LogP contribution is -2.23. The predicted molar refractivity (Wildman–Crippen MR) is 75.0 cm³/mol. The molecule has 2 rings (SSSR count). The molecule has 1 amide bonds. The number of nitrogen functional groups attached to an aromatic ring is 1. The number of aromatic nitrogens is 2. The van der Waals surface area contributed by atoms with Crippen LogP contribution >= 0.6 is 15.9 Å². The third-order valence-corrected chi connectivity index (χ3v) is 3.26. The number of hydrogen-bond acceptors (Lipinski definition) is 5. The molecule has 0 unspecified atom stereocenters. The van der Waals surface area contributed by atoms with Gasteiger partial charge in [-0.25, -0.2) is 0 Å². The van der Waals surface area contributed by atoms with Crippen LogP contribution in [0.3, 0.4) is 0 Å². The molecule has 104 valence electrons. The molecule has 4 N–H and O–H groups in total. The number of carbonyl (C=O) groups is 1. The van der Waals surface area contributed by atoms with E-state index in [1.165, 1.54) is 12.1 Å². The van der Waals surface area contributed by atoms with Crippen LogP contribution in [0, 0.1) is 10.1 Å². The van der Waals surface area contributed by atoms with E-state index >= 15 is 0 Å². The summed E-state index contributed by atoms with van der Waals surface area (Å²) in [5.41, 5.74) is 6.06. The number of H-pyrrole nitrogens is 1. The van der Waals surface area contributed by atoms with E-state index in [2.05, 4.69) is 31.4 Å². The summed E-state index contributed by atoms with van der Waals surface area (Å²) < 4.78 is 0.737. The molecule has 1 aromatic carbocycles. The lowest BCUT2D eigenvalue weighted by Gasteiger charge is -2.05. The van der Waals surface area contributed by atoms with Crippen molar-refractivity contribution >= 4 is 33.2 Å². The lowest BCUT2D eigenvalue weighted by atomic mass is 10.1. The fraction of sp³-hybridized carbons (Fsp3) is 0.0909. The molecule has 0 atom stereocenters. The molecule has 0 spiro atoms. The topological polar surface area (TPSA) is 127 Å². The molecule has 20 heavy (non-hydrogen) atoms. The van der Waals surface area contributed by atoms with Crippen LogP contribution in [0.1, 0.15) is 16.1 Å². The Bertz CT molecular complexity index is 670. The van der Waals surface area contributed by atoms with E-state index in [0.717, 1.165) is 10.5 Å². The number of nitro groups is 1. The molecule has 0 saturated carbocycles. The Morgan fingerprint density at radius 3 is 2.90 bits per heavy atom. The van der Waals surface area contributed by atoms with E-state index in [1.807, 2.05) is 0 Å². The van der Waals surface area contributed by atoms with Gasteiger partial charge in [0, 0.05) is 11.6 Å². The van der Waals surface area contributed by atoms with E-state index < -0.39 is 10.8 Å². The van der Waals surface area contributed by atoms with Gasteiger partial charge in [-0.3, -0.25) is 20.0 Å². The van der Waals surface area contributed by atoms with Crippen molar-refractivity contribution in [3.63, 3.8) is 0 Å². The summed E-state index contributed by atoms with van der Waals surface area (Å²) in [7, 11) is 0. The fourth-order valence-corrected chi connectivity index (χ4v) is 1.87. The Morgan fingerprint density at radius 1 is 1.55 bits per heavy atom. The zero-order chi connectivity index (χ0) is 14.7. The number of nitrogens with two attached hydrogens (primary N) is 1. The van der Waals surface area contributed by atoms with Gasteiger partial charge in [-0.2, -0.15) is 5.10 Å². The molecule has 9 heteroatoms. The predicted octanol–water partition coefficient (Wildman–Crippen LogP) is 1.59. The summed E-state index contributed by atoms with van der Waals surface area (Å²) in [5, 5.41) is 19.9. The fourth-order valence-electron chi connectivity index (χ4n) is 1.54. The van der Waals surface area contributed by atoms with Crippen LogP contribution in [0.15, 0.2) is 28.9 Å². The van der Waals surface area contributed by atoms with E-state index in [4.69, 9.17) is 5.73 Å². The number of aromatic amines is 1. The maximum atomic E-state index is 11.9. The highest BCUT2D eigenvalue weighted by Crippen LogP contribution is 2.22. The average Bonchev–Trinajstić information content (AvgIpc) is 2.81. The smallest absolute Gasteiger partial charge is 0.292 e. The van der Waals surface area contributed by atoms with E-state index in [1.54, 1.807) is 6.20 Å². The number of nitrogens with one attached hydrogen (secondary N) is 2. The van der Waals surface area contributed by atoms with Gasteiger partial charge in [0.2, 0.25) is 0 Å². The Labute approximate surface area is 121 Å². The molecule has 1 heterocycles. The van der Waals surface area contributed by atoms with Crippen molar-refractivity contribution in [2.24, 2.45) is 0 Å². The standard InChI is InChI=1S/C11H10BrN5O3/c12-7-4-15-16-9(7)5-14-11(18)6-1-2-8(13)10(3-6)17(19)20/h1-4H,5,13H2,(H,14,18)(H,15,16). The molecule has 0 radical (unpaired) electrons. The number of halogens is 1. The Morgan fingerprint density at radius 2 is 2.30 bits per heavy atom. The number of carbonyl (C=O) groups excluding carboxylic acids is 1.